The van der Waals surface area contributed by atoms with E-state index >= 15 is 0 Å². The minimum atomic E-state index is -4.50. The lowest BCUT2D eigenvalue weighted by Crippen LogP contribution is -2.55. The van der Waals surface area contributed by atoms with Crippen LogP contribution in [0.25, 0.3) is 0 Å². The summed E-state index contributed by atoms with van der Waals surface area (Å²) < 4.78 is 50.1. The lowest BCUT2D eigenvalue weighted by molar-refractivity contribution is -0.140. The van der Waals surface area contributed by atoms with E-state index in [-0.39, 0.29) is 29.9 Å². The molecule has 0 saturated carbocycles. The van der Waals surface area contributed by atoms with E-state index in [2.05, 4.69) is 49.1 Å². The molecule has 1 aliphatic rings. The smallest absolute Gasteiger partial charge is 0.419 e. The molecule has 1 atom stereocenters. The second-order valence-corrected chi connectivity index (χ2v) is 16.5. The summed E-state index contributed by atoms with van der Waals surface area (Å²) in [5.41, 5.74) is -1.35. The predicted molar refractivity (Wildman–Crippen MR) is 137 cm³/mol. The van der Waals surface area contributed by atoms with Gasteiger partial charge in [-0.05, 0) is 38.9 Å². The van der Waals surface area contributed by atoms with E-state index in [0.717, 1.165) is 12.4 Å². The van der Waals surface area contributed by atoms with Gasteiger partial charge in [-0.1, -0.05) is 20.8 Å². The van der Waals surface area contributed by atoms with Crippen LogP contribution in [0.1, 0.15) is 53.5 Å². The van der Waals surface area contributed by atoms with Crippen molar-refractivity contribution < 1.29 is 31.9 Å². The average molecular weight is 548 g/mol. The van der Waals surface area contributed by atoms with Crippen molar-refractivity contribution in [1.29, 1.82) is 0 Å². The van der Waals surface area contributed by atoms with Crippen LogP contribution in [-0.2, 0) is 20.1 Å². The van der Waals surface area contributed by atoms with Gasteiger partial charge < -0.3 is 24.3 Å². The fraction of sp³-hybridized carbons (Fsp3) is 0.750. The topological polar surface area (TPSA) is 96.9 Å². The third-order valence-electron chi connectivity index (χ3n) is 6.45. The Hall–Kier alpha value is -2.41. The van der Waals surface area contributed by atoms with E-state index < -0.39 is 37.8 Å². The largest absolute Gasteiger partial charge is 0.449 e. The van der Waals surface area contributed by atoms with Gasteiger partial charge in [-0.25, -0.2) is 14.8 Å². The van der Waals surface area contributed by atoms with E-state index in [1.54, 1.807) is 9.80 Å². The second kappa shape index (κ2) is 11.5. The molecule has 1 aromatic heterocycles. The van der Waals surface area contributed by atoms with Crippen LogP contribution in [0.15, 0.2) is 12.4 Å². The number of piperazine rings is 1. The van der Waals surface area contributed by atoms with Gasteiger partial charge in [-0.15, -0.1) is 0 Å². The van der Waals surface area contributed by atoms with E-state index in [0.29, 0.717) is 26.2 Å². The molecule has 37 heavy (non-hydrogen) atoms. The van der Waals surface area contributed by atoms with Crippen LogP contribution in [0.4, 0.5) is 23.9 Å². The quantitative estimate of drug-likeness (QED) is 0.504. The molecular weight excluding hydrogens is 507 g/mol. The summed E-state index contributed by atoms with van der Waals surface area (Å²) in [7, 11) is -2.32. The van der Waals surface area contributed by atoms with Gasteiger partial charge in [-0.2, -0.15) is 13.2 Å². The molecule has 13 heteroatoms. The summed E-state index contributed by atoms with van der Waals surface area (Å²) >= 11 is 0. The van der Waals surface area contributed by atoms with E-state index in [1.165, 1.54) is 0 Å². The number of alkyl halides is 3. The number of halogens is 3. The van der Waals surface area contributed by atoms with Gasteiger partial charge in [0.05, 0.1) is 12.2 Å². The van der Waals surface area contributed by atoms with Crippen molar-refractivity contribution in [2.24, 2.45) is 0 Å². The van der Waals surface area contributed by atoms with Crippen LogP contribution in [-0.4, -0.2) is 79.6 Å². The number of hydrogen-bond donors (Lipinski definition) is 1. The summed E-state index contributed by atoms with van der Waals surface area (Å²) in [6.07, 6.45) is -4.10. The Bertz CT molecular complexity index is 922. The zero-order chi connectivity index (χ0) is 28.2. The van der Waals surface area contributed by atoms with Crippen LogP contribution in [0.2, 0.25) is 18.1 Å². The third-order valence-corrected chi connectivity index (χ3v) is 10.9. The zero-order valence-electron chi connectivity index (χ0n) is 23.0. The van der Waals surface area contributed by atoms with Crippen molar-refractivity contribution >= 4 is 26.3 Å². The molecule has 210 valence electrons. The average Bonchev–Trinajstić information content (AvgIpc) is 2.75. The monoisotopic (exact) mass is 547 g/mol. The minimum absolute atomic E-state index is 0.0201. The van der Waals surface area contributed by atoms with Gasteiger partial charge in [0.15, 0.2) is 8.32 Å². The lowest BCUT2D eigenvalue weighted by Gasteiger charge is -2.41. The van der Waals surface area contributed by atoms with Crippen LogP contribution >= 0.6 is 0 Å². The number of amides is 2. The molecule has 0 bridgehead atoms. The Kier molecular flexibility index (Phi) is 9.61. The van der Waals surface area contributed by atoms with Crippen molar-refractivity contribution in [3.63, 3.8) is 0 Å². The van der Waals surface area contributed by atoms with Gasteiger partial charge in [-0.3, -0.25) is 4.79 Å². The molecule has 2 heterocycles. The lowest BCUT2D eigenvalue weighted by atomic mass is 10.1. The van der Waals surface area contributed by atoms with Crippen molar-refractivity contribution in [1.82, 2.24) is 20.2 Å². The molecule has 0 aromatic carbocycles. The first kappa shape index (κ1) is 30.8. The summed E-state index contributed by atoms with van der Waals surface area (Å²) in [4.78, 5) is 36.7. The highest BCUT2D eigenvalue weighted by Gasteiger charge is 2.42. The molecule has 1 N–H and O–H groups in total. The van der Waals surface area contributed by atoms with E-state index in [9.17, 15) is 22.8 Å². The maximum atomic E-state index is 13.5. The van der Waals surface area contributed by atoms with Crippen molar-refractivity contribution in [2.75, 3.05) is 37.7 Å². The standard InChI is InChI=1S/C24H40F3N5O4Si/c1-22(2,3)30-21(34)35-14-9-18(36-37(7,8)23(4,5)6)19(33)31-10-12-32(13-11-31)20-28-15-17(16-29-20)24(25,26)27/h15-16,18H,9-14H2,1-8H3,(H,30,34)/t18-/m0/s1. The molecule has 0 spiro atoms. The summed E-state index contributed by atoms with van der Waals surface area (Å²) in [5.74, 6) is -0.00919. The van der Waals surface area contributed by atoms with Crippen molar-refractivity contribution in [3.8, 4) is 0 Å². The molecule has 2 amide bonds. The van der Waals surface area contributed by atoms with E-state index in [1.807, 2.05) is 20.8 Å². The fourth-order valence-corrected chi connectivity index (χ4v) is 4.61. The Labute approximate surface area is 218 Å². The Morgan fingerprint density at radius 3 is 2.03 bits per heavy atom. The van der Waals surface area contributed by atoms with Gasteiger partial charge in [0.1, 0.15) is 6.10 Å². The molecule has 1 aromatic rings. The molecule has 9 nitrogen and oxygen atoms in total. The first-order valence-electron chi connectivity index (χ1n) is 12.4. The number of rotatable bonds is 7. The SMILES string of the molecule is CC(C)(C)NC(=O)OCC[C@H](O[Si](C)(C)C(C)(C)C)C(=O)N1CCN(c2ncc(C(F)(F)F)cn2)CC1. The first-order chi connectivity index (χ1) is 16.8. The summed E-state index contributed by atoms with van der Waals surface area (Å²) in [5, 5.41) is 2.59. The molecule has 0 radical (unpaired) electrons. The molecular formula is C24H40F3N5O4Si. The number of alkyl carbamates (subject to hydrolysis) is 1. The number of hydrogen-bond acceptors (Lipinski definition) is 7. The number of carbonyl (C=O) groups is 2. The molecule has 1 aliphatic heterocycles. The maximum absolute atomic E-state index is 13.5. The van der Waals surface area contributed by atoms with Gasteiger partial charge >= 0.3 is 12.3 Å². The normalized spacial score (nSPS) is 16.4. The van der Waals surface area contributed by atoms with Crippen LogP contribution in [0.5, 0.6) is 0 Å². The Morgan fingerprint density at radius 1 is 1.03 bits per heavy atom. The highest BCUT2D eigenvalue weighted by Crippen LogP contribution is 2.38. The van der Waals surface area contributed by atoms with Gasteiger partial charge in [0.25, 0.3) is 5.91 Å². The predicted octanol–water partition coefficient (Wildman–Crippen LogP) is 4.45. The van der Waals surface area contributed by atoms with Crippen LogP contribution in [0, 0.1) is 0 Å². The minimum Gasteiger partial charge on any atom is -0.449 e. The number of aromatic nitrogens is 2. The first-order valence-corrected chi connectivity index (χ1v) is 15.3. The molecule has 0 unspecified atom stereocenters. The summed E-state index contributed by atoms with van der Waals surface area (Å²) in [6, 6.07) is 0. The molecule has 2 rings (SSSR count). The van der Waals surface area contributed by atoms with E-state index in [4.69, 9.17) is 9.16 Å². The van der Waals surface area contributed by atoms with Crippen molar-refractivity contribution in [3.05, 3.63) is 18.0 Å². The van der Waals surface area contributed by atoms with Crippen LogP contribution in [0.3, 0.4) is 0 Å². The molecule has 0 aliphatic carbocycles. The Morgan fingerprint density at radius 2 is 1.57 bits per heavy atom. The highest BCUT2D eigenvalue weighted by atomic mass is 28.4. The fourth-order valence-electron chi connectivity index (χ4n) is 3.33. The summed E-state index contributed by atoms with van der Waals surface area (Å²) in [6.45, 7) is 17.3. The van der Waals surface area contributed by atoms with Crippen molar-refractivity contribution in [2.45, 2.75) is 83.9 Å². The maximum Gasteiger partial charge on any atom is 0.419 e. The number of ether oxygens (including phenoxy) is 1. The number of nitrogens with one attached hydrogen (secondary N) is 1. The van der Waals surface area contributed by atoms with Gasteiger partial charge in [0.2, 0.25) is 5.95 Å². The third kappa shape index (κ3) is 9.13. The molecule has 1 saturated heterocycles. The highest BCUT2D eigenvalue weighted by molar-refractivity contribution is 6.74. The number of anilines is 1. The Balaban J connectivity index is 2.05. The van der Waals surface area contributed by atoms with Crippen LogP contribution < -0.4 is 10.2 Å². The number of carbonyl (C=O) groups excluding carboxylic acids is 2. The number of nitrogens with zero attached hydrogens (tertiary/aromatic N) is 4. The zero-order valence-corrected chi connectivity index (χ0v) is 24.0. The second-order valence-electron chi connectivity index (χ2n) is 11.7. The molecule has 1 fully saturated rings. The van der Waals surface area contributed by atoms with Gasteiger partial charge in [0, 0.05) is 50.5 Å².